The van der Waals surface area contributed by atoms with Crippen LogP contribution in [0.4, 0.5) is 0 Å². The molecule has 0 amide bonds. The molecule has 1 unspecified atom stereocenters. The van der Waals surface area contributed by atoms with Gasteiger partial charge in [0.2, 0.25) is 0 Å². The molecule has 0 saturated heterocycles. The molecule has 0 fully saturated rings. The molecule has 0 aromatic heterocycles. The van der Waals surface area contributed by atoms with Crippen LogP contribution in [-0.2, 0) is 28.6 Å². The second-order valence-electron chi connectivity index (χ2n) is 19.1. The molecule has 0 heterocycles. The van der Waals surface area contributed by atoms with Gasteiger partial charge in [-0.1, -0.05) is 251 Å². The summed E-state index contributed by atoms with van der Waals surface area (Å²) in [5, 5.41) is 0. The van der Waals surface area contributed by atoms with E-state index in [1.165, 1.54) is 77.0 Å². The van der Waals surface area contributed by atoms with Crippen LogP contribution in [0, 0.1) is 0 Å². The van der Waals surface area contributed by atoms with Gasteiger partial charge in [0.05, 0.1) is 0 Å². The van der Waals surface area contributed by atoms with Gasteiger partial charge in [0, 0.05) is 19.3 Å². The van der Waals surface area contributed by atoms with Gasteiger partial charge in [-0.3, -0.25) is 14.4 Å². The highest BCUT2D eigenvalue weighted by molar-refractivity contribution is 5.71. The topological polar surface area (TPSA) is 78.9 Å². The summed E-state index contributed by atoms with van der Waals surface area (Å²) in [5.74, 6) is -0.942. The van der Waals surface area contributed by atoms with E-state index in [0.717, 1.165) is 135 Å². The smallest absolute Gasteiger partial charge is 0.306 e. The Morgan fingerprint density at radius 3 is 0.849 bits per heavy atom. The van der Waals surface area contributed by atoms with Crippen LogP contribution in [0.25, 0.3) is 0 Å². The number of ether oxygens (including phenoxy) is 3. The molecular weight excluding hydrogens is 901 g/mol. The third-order valence-corrected chi connectivity index (χ3v) is 12.2. The van der Waals surface area contributed by atoms with Gasteiger partial charge in [0.25, 0.3) is 0 Å². The minimum absolute atomic E-state index is 0.0953. The van der Waals surface area contributed by atoms with Crippen LogP contribution in [0.2, 0.25) is 0 Å². The molecule has 412 valence electrons. The third-order valence-electron chi connectivity index (χ3n) is 12.2. The van der Waals surface area contributed by atoms with Gasteiger partial charge in [-0.2, -0.15) is 0 Å². The number of rotatable bonds is 52. The standard InChI is InChI=1S/C67H108O6/c1-4-7-10-13-16-18-20-22-24-26-28-29-30-31-32-33-34-35-36-37-39-40-42-44-46-48-51-54-57-60-66(69)72-63-64(62-71-65(68)59-56-53-50-15-12-9-6-3)73-67(70)61-58-55-52-49-47-45-43-41-38-27-25-23-21-19-17-14-11-8-5-2/h7-8,10-11,16-19,22-25,28-29,31-32,34-35,38,41,45,47,64H,4-6,9,12-15,20-21,26-27,30,33,36-37,39-40,42-44,46,48-63H2,1-3H3/b10-7-,11-8-,18-16-,19-17-,24-22-,25-23-,29-28-,32-31-,35-34-,41-38-,47-45-. The first-order valence-corrected chi connectivity index (χ1v) is 29.7. The van der Waals surface area contributed by atoms with Crippen molar-refractivity contribution in [3.05, 3.63) is 134 Å². The van der Waals surface area contributed by atoms with Crippen molar-refractivity contribution in [1.29, 1.82) is 0 Å². The van der Waals surface area contributed by atoms with E-state index < -0.39 is 6.10 Å². The summed E-state index contributed by atoms with van der Waals surface area (Å²) in [7, 11) is 0. The Morgan fingerprint density at radius 1 is 0.288 bits per heavy atom. The molecular formula is C67H108O6. The average Bonchev–Trinajstić information content (AvgIpc) is 3.39. The molecule has 0 bridgehead atoms. The summed E-state index contributed by atoms with van der Waals surface area (Å²) in [6, 6.07) is 0. The van der Waals surface area contributed by atoms with E-state index in [4.69, 9.17) is 14.2 Å². The van der Waals surface area contributed by atoms with Gasteiger partial charge in [-0.05, 0) is 116 Å². The van der Waals surface area contributed by atoms with Gasteiger partial charge < -0.3 is 14.2 Å². The Kier molecular flexibility index (Phi) is 56.4. The van der Waals surface area contributed by atoms with Gasteiger partial charge in [0.15, 0.2) is 6.10 Å². The van der Waals surface area contributed by atoms with Crippen LogP contribution in [-0.4, -0.2) is 37.2 Å². The maximum atomic E-state index is 12.8. The predicted octanol–water partition coefficient (Wildman–Crippen LogP) is 20.2. The molecule has 6 heteroatoms. The fraction of sp³-hybridized carbons (Fsp3) is 0.627. The van der Waals surface area contributed by atoms with Crippen LogP contribution in [0.1, 0.15) is 252 Å². The van der Waals surface area contributed by atoms with E-state index in [9.17, 15) is 14.4 Å². The normalized spacial score (nSPS) is 13.1. The predicted molar refractivity (Wildman–Crippen MR) is 316 cm³/mol. The molecule has 0 saturated carbocycles. The Labute approximate surface area is 449 Å². The summed E-state index contributed by atoms with van der Waals surface area (Å²) >= 11 is 0. The number of allylic oxidation sites excluding steroid dienone is 22. The first kappa shape index (κ1) is 68.6. The number of carbonyl (C=O) groups excluding carboxylic acids is 3. The number of unbranched alkanes of at least 4 members (excludes halogenated alkanes) is 19. The number of hydrogen-bond acceptors (Lipinski definition) is 6. The first-order valence-electron chi connectivity index (χ1n) is 29.7. The van der Waals surface area contributed by atoms with Crippen LogP contribution in [0.5, 0.6) is 0 Å². The van der Waals surface area contributed by atoms with Crippen molar-refractivity contribution in [2.45, 2.75) is 258 Å². The lowest BCUT2D eigenvalue weighted by Crippen LogP contribution is -2.30. The fourth-order valence-electron chi connectivity index (χ4n) is 7.77. The maximum absolute atomic E-state index is 12.8. The van der Waals surface area contributed by atoms with E-state index in [-0.39, 0.29) is 37.5 Å². The fourth-order valence-corrected chi connectivity index (χ4v) is 7.77. The molecule has 1 atom stereocenters. The molecule has 0 aromatic carbocycles. The number of esters is 3. The molecule has 73 heavy (non-hydrogen) atoms. The minimum Gasteiger partial charge on any atom is -0.462 e. The van der Waals surface area contributed by atoms with Crippen molar-refractivity contribution in [2.24, 2.45) is 0 Å². The highest BCUT2D eigenvalue weighted by Gasteiger charge is 2.19. The zero-order chi connectivity index (χ0) is 52.9. The molecule has 0 aliphatic rings. The van der Waals surface area contributed by atoms with Crippen LogP contribution < -0.4 is 0 Å². The van der Waals surface area contributed by atoms with Crippen molar-refractivity contribution >= 4 is 17.9 Å². The van der Waals surface area contributed by atoms with Crippen molar-refractivity contribution in [3.8, 4) is 0 Å². The van der Waals surface area contributed by atoms with Crippen molar-refractivity contribution in [1.82, 2.24) is 0 Å². The Hall–Kier alpha value is -4.45. The highest BCUT2D eigenvalue weighted by atomic mass is 16.6. The molecule has 0 aromatic rings. The highest BCUT2D eigenvalue weighted by Crippen LogP contribution is 2.14. The van der Waals surface area contributed by atoms with E-state index in [0.29, 0.717) is 12.8 Å². The Bertz CT molecular complexity index is 1580. The molecule has 6 nitrogen and oxygen atoms in total. The van der Waals surface area contributed by atoms with E-state index in [1.54, 1.807) is 0 Å². The lowest BCUT2D eigenvalue weighted by Gasteiger charge is -2.18. The van der Waals surface area contributed by atoms with Crippen LogP contribution >= 0.6 is 0 Å². The molecule has 0 aliphatic carbocycles. The summed E-state index contributed by atoms with van der Waals surface area (Å²) in [6.45, 7) is 6.33. The van der Waals surface area contributed by atoms with Crippen molar-refractivity contribution in [2.75, 3.05) is 13.2 Å². The molecule has 0 rings (SSSR count). The van der Waals surface area contributed by atoms with E-state index in [2.05, 4.69) is 154 Å². The lowest BCUT2D eigenvalue weighted by atomic mass is 10.1. The molecule has 0 N–H and O–H groups in total. The third kappa shape index (κ3) is 58.3. The summed E-state index contributed by atoms with van der Waals surface area (Å²) in [5.41, 5.74) is 0. The van der Waals surface area contributed by atoms with Crippen molar-refractivity contribution < 1.29 is 28.6 Å². The number of carbonyl (C=O) groups is 3. The Morgan fingerprint density at radius 2 is 0.534 bits per heavy atom. The van der Waals surface area contributed by atoms with Gasteiger partial charge in [0.1, 0.15) is 13.2 Å². The van der Waals surface area contributed by atoms with E-state index in [1.807, 2.05) is 0 Å². The zero-order valence-corrected chi connectivity index (χ0v) is 47.1. The molecule has 0 radical (unpaired) electrons. The van der Waals surface area contributed by atoms with Crippen LogP contribution in [0.15, 0.2) is 134 Å². The monoisotopic (exact) mass is 1010 g/mol. The second-order valence-corrected chi connectivity index (χ2v) is 19.1. The maximum Gasteiger partial charge on any atom is 0.306 e. The largest absolute Gasteiger partial charge is 0.462 e. The zero-order valence-electron chi connectivity index (χ0n) is 47.1. The molecule has 0 spiro atoms. The van der Waals surface area contributed by atoms with E-state index >= 15 is 0 Å². The summed E-state index contributed by atoms with van der Waals surface area (Å²) in [6.07, 6.45) is 84.7. The minimum atomic E-state index is -0.799. The molecule has 0 aliphatic heterocycles. The van der Waals surface area contributed by atoms with Crippen molar-refractivity contribution in [3.63, 3.8) is 0 Å². The summed E-state index contributed by atoms with van der Waals surface area (Å²) in [4.78, 5) is 38.0. The second kappa shape index (κ2) is 60.1. The van der Waals surface area contributed by atoms with Gasteiger partial charge in [-0.25, -0.2) is 0 Å². The quantitative estimate of drug-likeness (QED) is 0.0261. The average molecular weight is 1010 g/mol. The SMILES string of the molecule is CC/C=C\C/C=C\C/C=C\C/C=C\C/C=C\C/C=C\CCCCCCCCCCCCC(=O)OCC(COC(=O)CCCCCCCCC)OC(=O)CCCCC/C=C\C/C=C\C/C=C\C/C=C\C/C=C\CC. The number of hydrogen-bond donors (Lipinski definition) is 0. The first-order chi connectivity index (χ1) is 36.0. The van der Waals surface area contributed by atoms with Crippen LogP contribution in [0.3, 0.4) is 0 Å². The van der Waals surface area contributed by atoms with Gasteiger partial charge in [-0.15, -0.1) is 0 Å². The lowest BCUT2D eigenvalue weighted by molar-refractivity contribution is -0.167. The van der Waals surface area contributed by atoms with Gasteiger partial charge >= 0.3 is 17.9 Å². The summed E-state index contributed by atoms with van der Waals surface area (Å²) < 4.78 is 16.8. The Balaban J connectivity index is 4.23.